The van der Waals surface area contributed by atoms with Crippen LogP contribution >= 0.6 is 11.3 Å². The molecule has 0 spiro atoms. The lowest BCUT2D eigenvalue weighted by Crippen LogP contribution is -2.40. The van der Waals surface area contributed by atoms with Crippen molar-refractivity contribution in [1.82, 2.24) is 5.32 Å². The Balaban J connectivity index is 1.77. The van der Waals surface area contributed by atoms with Gasteiger partial charge in [-0.15, -0.1) is 11.3 Å². The minimum atomic E-state index is -0.818. The number of rotatable bonds is 3. The first-order valence-corrected chi connectivity index (χ1v) is 7.54. The zero-order valence-electron chi connectivity index (χ0n) is 10.8. The molecule has 1 aromatic heterocycles. The number of fused-ring (bicyclic) bond motifs is 1. The Morgan fingerprint density at radius 1 is 1.25 bits per heavy atom. The van der Waals surface area contributed by atoms with E-state index in [1.54, 1.807) is 17.4 Å². The first kappa shape index (κ1) is 13.1. The second-order valence-electron chi connectivity index (χ2n) is 5.13. The number of carboxylic acid groups (broad SMARTS) is 1. The van der Waals surface area contributed by atoms with Crippen LogP contribution in [0.15, 0.2) is 29.6 Å². The first-order chi connectivity index (χ1) is 9.65. The molecule has 104 valence electrons. The number of carbonyl (C=O) groups is 2. The van der Waals surface area contributed by atoms with E-state index >= 15 is 0 Å². The summed E-state index contributed by atoms with van der Waals surface area (Å²) in [6.45, 7) is 0. The van der Waals surface area contributed by atoms with Crippen molar-refractivity contribution in [3.05, 3.63) is 35.2 Å². The molecule has 1 aliphatic carbocycles. The van der Waals surface area contributed by atoms with Gasteiger partial charge in [-0.05, 0) is 47.9 Å². The summed E-state index contributed by atoms with van der Waals surface area (Å²) in [5, 5.41) is 15.0. The summed E-state index contributed by atoms with van der Waals surface area (Å²) in [4.78, 5) is 23.4. The fraction of sp³-hybridized carbons (Fsp3) is 0.333. The summed E-state index contributed by atoms with van der Waals surface area (Å²) in [6.07, 6.45) is 2.23. The Bertz CT molecular complexity index is 664. The van der Waals surface area contributed by atoms with Crippen molar-refractivity contribution in [2.75, 3.05) is 0 Å². The number of hydrogen-bond donors (Lipinski definition) is 2. The molecule has 1 heterocycles. The molecule has 4 nitrogen and oxygen atoms in total. The van der Waals surface area contributed by atoms with Gasteiger partial charge in [0.2, 0.25) is 0 Å². The number of amides is 1. The van der Waals surface area contributed by atoms with Crippen LogP contribution in [-0.4, -0.2) is 23.0 Å². The van der Waals surface area contributed by atoms with Gasteiger partial charge in [0.1, 0.15) is 0 Å². The van der Waals surface area contributed by atoms with Gasteiger partial charge in [0.15, 0.2) is 0 Å². The van der Waals surface area contributed by atoms with Crippen LogP contribution in [0.1, 0.15) is 29.6 Å². The number of carboxylic acids is 1. The van der Waals surface area contributed by atoms with Gasteiger partial charge in [-0.3, -0.25) is 9.59 Å². The third-order valence-electron chi connectivity index (χ3n) is 3.86. The van der Waals surface area contributed by atoms with Gasteiger partial charge >= 0.3 is 5.97 Å². The highest BCUT2D eigenvalue weighted by molar-refractivity contribution is 7.17. The van der Waals surface area contributed by atoms with Gasteiger partial charge in [0.25, 0.3) is 5.91 Å². The molecule has 5 heteroatoms. The molecule has 1 fully saturated rings. The highest BCUT2D eigenvalue weighted by Gasteiger charge is 2.33. The number of thiophene rings is 1. The van der Waals surface area contributed by atoms with E-state index in [1.807, 2.05) is 23.6 Å². The molecule has 2 atom stereocenters. The van der Waals surface area contributed by atoms with Crippen LogP contribution in [-0.2, 0) is 4.79 Å². The van der Waals surface area contributed by atoms with Crippen LogP contribution in [0, 0.1) is 5.92 Å². The van der Waals surface area contributed by atoms with Crippen LogP contribution in [0.2, 0.25) is 0 Å². The molecule has 1 aromatic carbocycles. The van der Waals surface area contributed by atoms with Crippen LogP contribution in [0.25, 0.3) is 10.1 Å². The molecule has 2 aromatic rings. The summed E-state index contributed by atoms with van der Waals surface area (Å²) in [6, 6.07) is 7.30. The van der Waals surface area contributed by atoms with E-state index in [1.165, 1.54) is 0 Å². The Morgan fingerprint density at radius 2 is 2.10 bits per heavy atom. The predicted octanol–water partition coefficient (Wildman–Crippen LogP) is 2.88. The molecule has 0 saturated heterocycles. The van der Waals surface area contributed by atoms with Crippen LogP contribution in [0.5, 0.6) is 0 Å². The third kappa shape index (κ3) is 2.41. The largest absolute Gasteiger partial charge is 0.481 e. The highest BCUT2D eigenvalue weighted by Crippen LogP contribution is 2.27. The number of hydrogen-bond acceptors (Lipinski definition) is 3. The van der Waals surface area contributed by atoms with Crippen molar-refractivity contribution in [2.45, 2.75) is 25.3 Å². The van der Waals surface area contributed by atoms with Crippen LogP contribution in [0.3, 0.4) is 0 Å². The Hall–Kier alpha value is -1.88. The monoisotopic (exact) mass is 289 g/mol. The molecule has 0 aliphatic heterocycles. The summed E-state index contributed by atoms with van der Waals surface area (Å²) in [5.41, 5.74) is 0.590. The van der Waals surface area contributed by atoms with Crippen molar-refractivity contribution in [2.24, 2.45) is 5.92 Å². The molecular weight excluding hydrogens is 274 g/mol. The number of carbonyl (C=O) groups excluding carboxylic acids is 1. The smallest absolute Gasteiger partial charge is 0.308 e. The van der Waals surface area contributed by atoms with Gasteiger partial charge in [-0.25, -0.2) is 0 Å². The molecule has 1 aliphatic rings. The van der Waals surface area contributed by atoms with Crippen molar-refractivity contribution in [3.63, 3.8) is 0 Å². The lowest BCUT2D eigenvalue weighted by Gasteiger charge is -2.17. The van der Waals surface area contributed by atoms with E-state index in [2.05, 4.69) is 5.32 Å². The van der Waals surface area contributed by atoms with E-state index < -0.39 is 11.9 Å². The van der Waals surface area contributed by atoms with Crippen molar-refractivity contribution < 1.29 is 14.7 Å². The maximum absolute atomic E-state index is 12.2. The fourth-order valence-electron chi connectivity index (χ4n) is 2.79. The molecule has 0 unspecified atom stereocenters. The van der Waals surface area contributed by atoms with Gasteiger partial charge in [-0.1, -0.05) is 6.42 Å². The maximum atomic E-state index is 12.2. The third-order valence-corrected chi connectivity index (χ3v) is 4.76. The lowest BCUT2D eigenvalue weighted by atomic mass is 10.0. The number of aliphatic carboxylic acids is 1. The van der Waals surface area contributed by atoms with E-state index in [9.17, 15) is 9.59 Å². The van der Waals surface area contributed by atoms with E-state index in [0.717, 1.165) is 22.9 Å². The SMILES string of the molecule is O=C(N[C@H]1CCC[C@H]1C(=O)O)c1ccc2sccc2c1. The molecule has 0 radical (unpaired) electrons. The minimum absolute atomic E-state index is 0.184. The number of benzene rings is 1. The lowest BCUT2D eigenvalue weighted by molar-refractivity contribution is -0.142. The van der Waals surface area contributed by atoms with Crippen LogP contribution < -0.4 is 5.32 Å². The van der Waals surface area contributed by atoms with Gasteiger partial charge < -0.3 is 10.4 Å². The molecule has 1 amide bonds. The molecule has 1 saturated carbocycles. The van der Waals surface area contributed by atoms with Crippen molar-refractivity contribution in [1.29, 1.82) is 0 Å². The Morgan fingerprint density at radius 3 is 2.90 bits per heavy atom. The fourth-order valence-corrected chi connectivity index (χ4v) is 3.56. The Labute approximate surface area is 120 Å². The predicted molar refractivity (Wildman–Crippen MR) is 78.1 cm³/mol. The van der Waals surface area contributed by atoms with Gasteiger partial charge in [-0.2, -0.15) is 0 Å². The topological polar surface area (TPSA) is 66.4 Å². The van der Waals surface area contributed by atoms with Crippen molar-refractivity contribution >= 4 is 33.3 Å². The molecular formula is C15H15NO3S. The normalized spacial score (nSPS) is 22.0. The molecule has 3 rings (SSSR count). The Kier molecular flexibility index (Phi) is 3.44. The molecule has 20 heavy (non-hydrogen) atoms. The average molecular weight is 289 g/mol. The zero-order valence-corrected chi connectivity index (χ0v) is 11.7. The number of nitrogens with one attached hydrogen (secondary N) is 1. The summed E-state index contributed by atoms with van der Waals surface area (Å²) < 4.78 is 1.14. The van der Waals surface area contributed by atoms with Crippen molar-refractivity contribution in [3.8, 4) is 0 Å². The summed E-state index contributed by atoms with van der Waals surface area (Å²) in [5.74, 6) is -1.46. The molecule has 0 bridgehead atoms. The summed E-state index contributed by atoms with van der Waals surface area (Å²) in [7, 11) is 0. The van der Waals surface area contributed by atoms with Gasteiger partial charge in [0, 0.05) is 16.3 Å². The maximum Gasteiger partial charge on any atom is 0.308 e. The molecule has 2 N–H and O–H groups in total. The quantitative estimate of drug-likeness (QED) is 0.913. The standard InChI is InChI=1S/C15H15NO3S/c17-14(16-12-3-1-2-11(12)15(18)19)10-4-5-13-9(8-10)6-7-20-13/h4-8,11-12H,1-3H2,(H,16,17)(H,18,19)/t11-,12+/m1/s1. The second-order valence-corrected chi connectivity index (χ2v) is 6.08. The highest BCUT2D eigenvalue weighted by atomic mass is 32.1. The first-order valence-electron chi connectivity index (χ1n) is 6.66. The second kappa shape index (κ2) is 5.25. The zero-order chi connectivity index (χ0) is 14.1. The minimum Gasteiger partial charge on any atom is -0.481 e. The van der Waals surface area contributed by atoms with Gasteiger partial charge in [0.05, 0.1) is 5.92 Å². The van der Waals surface area contributed by atoms with E-state index in [0.29, 0.717) is 12.0 Å². The summed E-state index contributed by atoms with van der Waals surface area (Å²) >= 11 is 1.64. The van der Waals surface area contributed by atoms with E-state index in [4.69, 9.17) is 5.11 Å². The van der Waals surface area contributed by atoms with Crippen LogP contribution in [0.4, 0.5) is 0 Å². The van der Waals surface area contributed by atoms with E-state index in [-0.39, 0.29) is 11.9 Å². The average Bonchev–Trinajstić information content (AvgIpc) is 3.05.